The number of rotatable bonds is 7. The number of methoxy groups -OCH3 is 1. The second-order valence-electron chi connectivity index (χ2n) is 8.04. The van der Waals surface area contributed by atoms with Gasteiger partial charge in [-0.3, -0.25) is 4.79 Å². The lowest BCUT2D eigenvalue weighted by Crippen LogP contribution is -2.50. The van der Waals surface area contributed by atoms with Gasteiger partial charge in [0.15, 0.2) is 0 Å². The van der Waals surface area contributed by atoms with Gasteiger partial charge in [0.05, 0.1) is 5.25 Å². The molecule has 0 spiro atoms. The van der Waals surface area contributed by atoms with E-state index in [0.717, 1.165) is 22.4 Å². The van der Waals surface area contributed by atoms with E-state index >= 15 is 0 Å². The Kier molecular flexibility index (Phi) is 7.96. The van der Waals surface area contributed by atoms with Crippen LogP contribution in [0, 0.1) is 0 Å². The first-order valence-electron chi connectivity index (χ1n) is 10.8. The molecule has 0 bridgehead atoms. The number of carbonyl (C=O) groups is 1. The summed E-state index contributed by atoms with van der Waals surface area (Å²) in [6, 6.07) is 22.7. The lowest BCUT2D eigenvalue weighted by molar-refractivity contribution is -0.131. The predicted molar refractivity (Wildman–Crippen MR) is 143 cm³/mol. The molecule has 1 saturated heterocycles. The van der Waals surface area contributed by atoms with Crippen molar-refractivity contribution in [2.75, 3.05) is 20.3 Å². The van der Waals surface area contributed by atoms with E-state index in [1.165, 1.54) is 0 Å². The van der Waals surface area contributed by atoms with Gasteiger partial charge in [0.25, 0.3) is 5.91 Å². The number of carbonyl (C=O) groups excluding carboxylic acids is 1. The third-order valence-electron chi connectivity index (χ3n) is 5.89. The Balaban J connectivity index is 1.91. The Morgan fingerprint density at radius 2 is 1.35 bits per heavy atom. The Hall–Kier alpha value is -1.95. The van der Waals surface area contributed by atoms with Crippen LogP contribution in [-0.4, -0.2) is 31.1 Å². The fraction of sp³-hybridized carbons (Fsp3) is 0.222. The van der Waals surface area contributed by atoms with Gasteiger partial charge in [-0.2, -0.15) is 0 Å². The number of halogens is 3. The number of benzene rings is 3. The van der Waals surface area contributed by atoms with Crippen molar-refractivity contribution < 1.29 is 9.53 Å². The van der Waals surface area contributed by atoms with E-state index in [1.807, 2.05) is 72.8 Å². The zero-order chi connectivity index (χ0) is 24.3. The third kappa shape index (κ3) is 4.89. The highest BCUT2D eigenvalue weighted by atomic mass is 35.5. The van der Waals surface area contributed by atoms with Gasteiger partial charge in [0.2, 0.25) is 0 Å². The Morgan fingerprint density at radius 1 is 0.882 bits per heavy atom. The molecule has 4 rings (SSSR count). The summed E-state index contributed by atoms with van der Waals surface area (Å²) in [7, 11) is 1.66. The van der Waals surface area contributed by atoms with E-state index in [1.54, 1.807) is 23.8 Å². The van der Waals surface area contributed by atoms with Gasteiger partial charge in [-0.05, 0) is 59.5 Å². The van der Waals surface area contributed by atoms with Gasteiger partial charge >= 0.3 is 0 Å². The van der Waals surface area contributed by atoms with Crippen LogP contribution in [0.2, 0.25) is 15.1 Å². The van der Waals surface area contributed by atoms with Crippen molar-refractivity contribution in [3.05, 3.63) is 117 Å². The van der Waals surface area contributed by atoms with Gasteiger partial charge < -0.3 is 9.64 Å². The molecule has 3 nitrogen and oxygen atoms in total. The Bertz CT molecular complexity index is 1120. The summed E-state index contributed by atoms with van der Waals surface area (Å²) in [5.41, 5.74) is 3.46. The molecule has 0 aliphatic carbocycles. The molecular formula is C27H24Cl3NO2S. The van der Waals surface area contributed by atoms with Crippen LogP contribution in [0.4, 0.5) is 0 Å². The van der Waals surface area contributed by atoms with Crippen LogP contribution in [0.25, 0.3) is 0 Å². The average molecular weight is 533 g/mol. The lowest BCUT2D eigenvalue weighted by atomic mass is 9.87. The monoisotopic (exact) mass is 531 g/mol. The molecule has 1 unspecified atom stereocenters. The first kappa shape index (κ1) is 25.2. The molecule has 176 valence electrons. The van der Waals surface area contributed by atoms with Crippen LogP contribution < -0.4 is 0 Å². The maximum atomic E-state index is 14.4. The molecule has 0 N–H and O–H groups in total. The molecule has 1 fully saturated rings. The van der Waals surface area contributed by atoms with Crippen molar-refractivity contribution in [2.24, 2.45) is 0 Å². The first-order chi connectivity index (χ1) is 16.4. The van der Waals surface area contributed by atoms with Crippen molar-refractivity contribution in [1.29, 1.82) is 0 Å². The first-order valence-corrected chi connectivity index (χ1v) is 12.8. The molecule has 7 heteroatoms. The van der Waals surface area contributed by atoms with Crippen molar-refractivity contribution in [3.8, 4) is 0 Å². The summed E-state index contributed by atoms with van der Waals surface area (Å²) >= 11 is 20.2. The summed E-state index contributed by atoms with van der Waals surface area (Å²) in [4.78, 5) is 16.2. The second kappa shape index (κ2) is 10.8. The van der Waals surface area contributed by atoms with E-state index in [0.29, 0.717) is 34.6 Å². The fourth-order valence-electron chi connectivity index (χ4n) is 4.19. The van der Waals surface area contributed by atoms with Crippen LogP contribution in [0.1, 0.15) is 28.4 Å². The van der Waals surface area contributed by atoms with Crippen molar-refractivity contribution >= 4 is 52.5 Å². The van der Waals surface area contributed by atoms with Crippen LogP contribution >= 0.6 is 46.6 Å². The SMILES string of the molecule is C=C1C(c2ccc(Cl)cc2)SC(c2ccc(Cl)cc2)(c2ccc(Cl)cc2)C(=O)N1CCCOC. The third-order valence-corrected chi connectivity index (χ3v) is 8.43. The predicted octanol–water partition coefficient (Wildman–Crippen LogP) is 7.76. The summed E-state index contributed by atoms with van der Waals surface area (Å²) < 4.78 is 4.24. The summed E-state index contributed by atoms with van der Waals surface area (Å²) in [5.74, 6) is -0.0477. The van der Waals surface area contributed by atoms with Crippen molar-refractivity contribution in [2.45, 2.75) is 16.4 Å². The highest BCUT2D eigenvalue weighted by molar-refractivity contribution is 8.01. The normalized spacial score (nSPS) is 17.8. The quantitative estimate of drug-likeness (QED) is 0.291. The maximum Gasteiger partial charge on any atom is 0.252 e. The zero-order valence-electron chi connectivity index (χ0n) is 18.6. The maximum absolute atomic E-state index is 14.4. The number of ether oxygens (including phenoxy) is 1. The molecule has 1 atom stereocenters. The van der Waals surface area contributed by atoms with Crippen molar-refractivity contribution in [1.82, 2.24) is 4.90 Å². The number of hydrogen-bond donors (Lipinski definition) is 0. The molecule has 0 saturated carbocycles. The molecule has 1 amide bonds. The molecule has 1 aliphatic rings. The van der Waals surface area contributed by atoms with Gasteiger partial charge in [-0.25, -0.2) is 0 Å². The average Bonchev–Trinajstić information content (AvgIpc) is 2.84. The molecule has 1 heterocycles. The van der Waals surface area contributed by atoms with E-state index in [9.17, 15) is 4.79 Å². The Morgan fingerprint density at radius 3 is 1.82 bits per heavy atom. The highest BCUT2D eigenvalue weighted by Crippen LogP contribution is 2.57. The van der Waals surface area contributed by atoms with Crippen LogP contribution in [0.5, 0.6) is 0 Å². The number of nitrogens with zero attached hydrogens (tertiary/aromatic N) is 1. The standard InChI is InChI=1S/C27H24Cl3NO2S/c1-18-25(19-4-10-22(28)11-5-19)34-27(20-6-12-23(29)13-7-20,21-8-14-24(30)15-9-21)26(32)31(18)16-3-17-33-2/h4-15,25H,1,3,16-17H2,2H3. The smallest absolute Gasteiger partial charge is 0.252 e. The minimum absolute atomic E-state index is 0.0477. The zero-order valence-corrected chi connectivity index (χ0v) is 21.7. The van der Waals surface area contributed by atoms with Gasteiger partial charge in [0, 0.05) is 41.0 Å². The number of thioether (sulfide) groups is 1. The fourth-order valence-corrected chi connectivity index (χ4v) is 6.23. The second-order valence-corrected chi connectivity index (χ2v) is 10.7. The number of amides is 1. The Labute approximate surface area is 219 Å². The molecule has 34 heavy (non-hydrogen) atoms. The van der Waals surface area contributed by atoms with Gasteiger partial charge in [-0.15, -0.1) is 11.8 Å². The van der Waals surface area contributed by atoms with Gasteiger partial charge in [0.1, 0.15) is 4.75 Å². The van der Waals surface area contributed by atoms with Crippen LogP contribution in [0.3, 0.4) is 0 Å². The summed E-state index contributed by atoms with van der Waals surface area (Å²) in [6.45, 7) is 5.40. The number of hydrogen-bond acceptors (Lipinski definition) is 3. The van der Waals surface area contributed by atoms with E-state index in [4.69, 9.17) is 39.5 Å². The molecule has 0 aromatic heterocycles. The van der Waals surface area contributed by atoms with E-state index in [-0.39, 0.29) is 11.2 Å². The topological polar surface area (TPSA) is 29.5 Å². The minimum atomic E-state index is -1.02. The highest BCUT2D eigenvalue weighted by Gasteiger charge is 2.52. The molecule has 1 aliphatic heterocycles. The summed E-state index contributed by atoms with van der Waals surface area (Å²) in [6.07, 6.45) is 0.691. The molecule has 3 aromatic carbocycles. The van der Waals surface area contributed by atoms with Crippen molar-refractivity contribution in [3.63, 3.8) is 0 Å². The molecular weight excluding hydrogens is 509 g/mol. The van der Waals surface area contributed by atoms with Crippen LogP contribution in [0.15, 0.2) is 85.1 Å². The molecule has 3 aromatic rings. The largest absolute Gasteiger partial charge is 0.385 e. The molecule has 0 radical (unpaired) electrons. The minimum Gasteiger partial charge on any atom is -0.385 e. The summed E-state index contributed by atoms with van der Waals surface area (Å²) in [5, 5.41) is 1.70. The van der Waals surface area contributed by atoms with E-state index < -0.39 is 4.75 Å². The van der Waals surface area contributed by atoms with E-state index in [2.05, 4.69) is 6.58 Å². The van der Waals surface area contributed by atoms with Crippen LogP contribution in [-0.2, 0) is 14.3 Å². The lowest BCUT2D eigenvalue weighted by Gasteiger charge is -2.47. The van der Waals surface area contributed by atoms with Gasteiger partial charge in [-0.1, -0.05) is 77.8 Å².